The molecule has 0 aromatic heterocycles. The molecule has 2 aromatic rings. The van der Waals surface area contributed by atoms with Gasteiger partial charge in [-0.25, -0.2) is 4.39 Å². The lowest BCUT2D eigenvalue weighted by Crippen LogP contribution is -2.51. The van der Waals surface area contributed by atoms with E-state index >= 15 is 0 Å². The Morgan fingerprint density at radius 3 is 2.39 bits per heavy atom. The van der Waals surface area contributed by atoms with Crippen molar-refractivity contribution in [1.82, 2.24) is 10.2 Å². The summed E-state index contributed by atoms with van der Waals surface area (Å²) in [4.78, 5) is 27.7. The molecule has 0 saturated heterocycles. The summed E-state index contributed by atoms with van der Waals surface area (Å²) >= 11 is 7.67. The summed E-state index contributed by atoms with van der Waals surface area (Å²) < 4.78 is 13.3. The molecule has 0 aliphatic heterocycles. The number of amides is 2. The van der Waals surface area contributed by atoms with Crippen LogP contribution in [0.4, 0.5) is 4.39 Å². The SMILES string of the molecule is CC[C@H](C)NC(=O)[C@H](CC)N(Cc1ccc(F)cc1)C(=O)CSCc1ccccc1Cl. The van der Waals surface area contributed by atoms with Gasteiger partial charge in [-0.05, 0) is 49.1 Å². The smallest absolute Gasteiger partial charge is 0.243 e. The third kappa shape index (κ3) is 7.86. The Bertz CT molecular complexity index is 863. The lowest BCUT2D eigenvalue weighted by atomic mass is 10.1. The summed E-state index contributed by atoms with van der Waals surface area (Å²) in [5.74, 6) is 0.194. The van der Waals surface area contributed by atoms with Crippen molar-refractivity contribution in [3.05, 3.63) is 70.5 Å². The van der Waals surface area contributed by atoms with Gasteiger partial charge in [-0.15, -0.1) is 11.8 Å². The van der Waals surface area contributed by atoms with E-state index in [1.165, 1.54) is 23.9 Å². The maximum absolute atomic E-state index is 13.3. The first-order valence-corrected chi connectivity index (χ1v) is 12.0. The van der Waals surface area contributed by atoms with Crippen molar-refractivity contribution in [3.8, 4) is 0 Å². The quantitative estimate of drug-likeness (QED) is 0.482. The molecule has 2 atom stereocenters. The molecule has 0 radical (unpaired) electrons. The van der Waals surface area contributed by atoms with Crippen molar-refractivity contribution >= 4 is 35.2 Å². The fraction of sp³-hybridized carbons (Fsp3) is 0.417. The van der Waals surface area contributed by atoms with Crippen LogP contribution in [0.25, 0.3) is 0 Å². The van der Waals surface area contributed by atoms with Gasteiger partial charge in [0, 0.05) is 23.4 Å². The second kappa shape index (κ2) is 12.7. The van der Waals surface area contributed by atoms with Crippen LogP contribution >= 0.6 is 23.4 Å². The molecule has 2 rings (SSSR count). The van der Waals surface area contributed by atoms with Gasteiger partial charge in [0.05, 0.1) is 5.75 Å². The highest BCUT2D eigenvalue weighted by Gasteiger charge is 2.29. The molecule has 0 spiro atoms. The number of hydrogen-bond donors (Lipinski definition) is 1. The van der Waals surface area contributed by atoms with Gasteiger partial charge in [0.25, 0.3) is 0 Å². The van der Waals surface area contributed by atoms with Crippen LogP contribution in [0, 0.1) is 5.82 Å². The topological polar surface area (TPSA) is 49.4 Å². The molecule has 0 heterocycles. The highest BCUT2D eigenvalue weighted by Crippen LogP contribution is 2.22. The number of halogens is 2. The summed E-state index contributed by atoms with van der Waals surface area (Å²) in [7, 11) is 0. The molecule has 0 aliphatic rings. The molecule has 0 fully saturated rings. The molecule has 0 saturated carbocycles. The van der Waals surface area contributed by atoms with Crippen LogP contribution < -0.4 is 5.32 Å². The predicted molar refractivity (Wildman–Crippen MR) is 127 cm³/mol. The fourth-order valence-electron chi connectivity index (χ4n) is 3.09. The minimum atomic E-state index is -0.590. The van der Waals surface area contributed by atoms with Crippen molar-refractivity contribution in [3.63, 3.8) is 0 Å². The van der Waals surface area contributed by atoms with E-state index in [0.29, 0.717) is 17.2 Å². The molecule has 168 valence electrons. The number of nitrogens with zero attached hydrogens (tertiary/aromatic N) is 1. The van der Waals surface area contributed by atoms with Crippen molar-refractivity contribution in [1.29, 1.82) is 0 Å². The molecule has 31 heavy (non-hydrogen) atoms. The molecule has 0 unspecified atom stereocenters. The summed E-state index contributed by atoms with van der Waals surface area (Å²) in [6, 6.07) is 13.0. The van der Waals surface area contributed by atoms with E-state index in [4.69, 9.17) is 11.6 Å². The van der Waals surface area contributed by atoms with Crippen molar-refractivity contribution in [2.45, 2.75) is 58.0 Å². The predicted octanol–water partition coefficient (Wildman–Crippen LogP) is 5.43. The third-order valence-corrected chi connectivity index (χ3v) is 6.43. The van der Waals surface area contributed by atoms with Crippen LogP contribution in [0.1, 0.15) is 44.7 Å². The average Bonchev–Trinajstić information content (AvgIpc) is 2.76. The molecule has 0 bridgehead atoms. The lowest BCUT2D eigenvalue weighted by Gasteiger charge is -2.31. The number of nitrogens with one attached hydrogen (secondary N) is 1. The Kier molecular flexibility index (Phi) is 10.3. The number of hydrogen-bond acceptors (Lipinski definition) is 3. The van der Waals surface area contributed by atoms with Gasteiger partial charge in [-0.1, -0.05) is 55.8 Å². The van der Waals surface area contributed by atoms with Crippen LogP contribution in [-0.4, -0.2) is 34.6 Å². The lowest BCUT2D eigenvalue weighted by molar-refractivity contribution is -0.139. The van der Waals surface area contributed by atoms with E-state index < -0.39 is 6.04 Å². The Hall–Kier alpha value is -2.05. The summed E-state index contributed by atoms with van der Waals surface area (Å²) in [6.45, 7) is 6.08. The summed E-state index contributed by atoms with van der Waals surface area (Å²) in [6.07, 6.45) is 1.30. The fourth-order valence-corrected chi connectivity index (χ4v) is 4.29. The van der Waals surface area contributed by atoms with Gasteiger partial charge in [-0.2, -0.15) is 0 Å². The minimum absolute atomic E-state index is 0.0268. The number of rotatable bonds is 11. The van der Waals surface area contributed by atoms with Crippen LogP contribution in [0.2, 0.25) is 5.02 Å². The highest BCUT2D eigenvalue weighted by molar-refractivity contribution is 7.99. The molecule has 1 N–H and O–H groups in total. The second-order valence-electron chi connectivity index (χ2n) is 7.47. The van der Waals surface area contributed by atoms with Crippen molar-refractivity contribution in [2.24, 2.45) is 0 Å². The molecular weight excluding hydrogens is 435 g/mol. The molecule has 2 amide bonds. The van der Waals surface area contributed by atoms with E-state index in [1.807, 2.05) is 45.0 Å². The Morgan fingerprint density at radius 2 is 1.77 bits per heavy atom. The van der Waals surface area contributed by atoms with Crippen molar-refractivity contribution < 1.29 is 14.0 Å². The van der Waals surface area contributed by atoms with Crippen molar-refractivity contribution in [2.75, 3.05) is 5.75 Å². The van der Waals surface area contributed by atoms with E-state index in [9.17, 15) is 14.0 Å². The minimum Gasteiger partial charge on any atom is -0.352 e. The van der Waals surface area contributed by atoms with Gasteiger partial charge < -0.3 is 10.2 Å². The van der Waals surface area contributed by atoms with E-state index in [-0.39, 0.29) is 36.0 Å². The molecule has 2 aromatic carbocycles. The first kappa shape index (κ1) is 25.2. The number of carbonyl (C=O) groups excluding carboxylic acids is 2. The number of benzene rings is 2. The zero-order valence-electron chi connectivity index (χ0n) is 18.2. The van der Waals surface area contributed by atoms with Gasteiger partial charge in [0.1, 0.15) is 11.9 Å². The molecule has 7 heteroatoms. The molecular formula is C24H30ClFN2O2S. The number of thioether (sulfide) groups is 1. The average molecular weight is 465 g/mol. The standard InChI is InChI=1S/C24H30ClFN2O2S/c1-4-17(3)27-24(30)22(5-2)28(14-18-10-12-20(26)13-11-18)23(29)16-31-15-19-8-6-7-9-21(19)25/h6-13,17,22H,4-5,14-16H2,1-3H3,(H,27,30)/t17-,22-/m0/s1. The van der Waals surface area contributed by atoms with E-state index in [0.717, 1.165) is 17.5 Å². The first-order chi connectivity index (χ1) is 14.8. The Morgan fingerprint density at radius 1 is 1.10 bits per heavy atom. The summed E-state index contributed by atoms with van der Waals surface area (Å²) in [5.41, 5.74) is 1.74. The van der Waals surface area contributed by atoms with E-state index in [1.54, 1.807) is 17.0 Å². The van der Waals surface area contributed by atoms with E-state index in [2.05, 4.69) is 5.32 Å². The van der Waals surface area contributed by atoms with Crippen LogP contribution in [0.5, 0.6) is 0 Å². The third-order valence-electron chi connectivity index (χ3n) is 5.09. The maximum Gasteiger partial charge on any atom is 0.243 e. The molecule has 4 nitrogen and oxygen atoms in total. The zero-order chi connectivity index (χ0) is 22.8. The maximum atomic E-state index is 13.3. The van der Waals surface area contributed by atoms with Gasteiger partial charge in [0.15, 0.2) is 0 Å². The second-order valence-corrected chi connectivity index (χ2v) is 8.87. The number of carbonyl (C=O) groups is 2. The highest BCUT2D eigenvalue weighted by atomic mass is 35.5. The summed E-state index contributed by atoms with van der Waals surface area (Å²) in [5, 5.41) is 3.65. The van der Waals surface area contributed by atoms with Gasteiger partial charge in [0.2, 0.25) is 11.8 Å². The monoisotopic (exact) mass is 464 g/mol. The van der Waals surface area contributed by atoms with Crippen LogP contribution in [-0.2, 0) is 21.9 Å². The first-order valence-electron chi connectivity index (χ1n) is 10.5. The van der Waals surface area contributed by atoms with Crippen LogP contribution in [0.15, 0.2) is 48.5 Å². The Balaban J connectivity index is 2.14. The normalized spacial score (nSPS) is 12.8. The van der Waals surface area contributed by atoms with Gasteiger partial charge in [-0.3, -0.25) is 9.59 Å². The largest absolute Gasteiger partial charge is 0.352 e. The van der Waals surface area contributed by atoms with Gasteiger partial charge >= 0.3 is 0 Å². The van der Waals surface area contributed by atoms with Crippen LogP contribution in [0.3, 0.4) is 0 Å². The zero-order valence-corrected chi connectivity index (χ0v) is 19.8. The molecule has 0 aliphatic carbocycles. The Labute approximate surface area is 193 Å².